The molecule has 0 fully saturated rings. The van der Waals surface area contributed by atoms with Gasteiger partial charge in [-0.1, -0.05) is 26.0 Å². The quantitative estimate of drug-likeness (QED) is 0.795. The monoisotopic (exact) mass is 337 g/mol. The molecule has 0 aliphatic rings. The number of carbonyl (C=O) groups excluding carboxylic acids is 1. The van der Waals surface area contributed by atoms with Crippen molar-refractivity contribution in [1.29, 1.82) is 0 Å². The summed E-state index contributed by atoms with van der Waals surface area (Å²) in [5.74, 6) is 0.0438. The van der Waals surface area contributed by atoms with Crippen molar-refractivity contribution < 1.29 is 22.4 Å². The number of furan rings is 1. The van der Waals surface area contributed by atoms with Crippen molar-refractivity contribution in [2.45, 2.75) is 26.1 Å². The van der Waals surface area contributed by atoms with E-state index in [4.69, 9.17) is 4.42 Å². The minimum absolute atomic E-state index is 0.0746. The van der Waals surface area contributed by atoms with Crippen LogP contribution in [-0.2, 0) is 11.0 Å². The van der Waals surface area contributed by atoms with Crippen LogP contribution in [0, 0.1) is 5.92 Å². The molecule has 2 aromatic rings. The van der Waals surface area contributed by atoms with Gasteiger partial charge in [0.2, 0.25) is 5.91 Å². The summed E-state index contributed by atoms with van der Waals surface area (Å²) in [5, 5.41) is 2.74. The van der Waals surface area contributed by atoms with Crippen LogP contribution in [0.15, 0.2) is 53.2 Å². The van der Waals surface area contributed by atoms with E-state index in [0.29, 0.717) is 11.3 Å². The highest BCUT2D eigenvalue weighted by molar-refractivity contribution is 5.91. The van der Waals surface area contributed by atoms with Crippen LogP contribution in [0.25, 0.3) is 6.08 Å². The van der Waals surface area contributed by atoms with Crippen LogP contribution in [0.3, 0.4) is 0 Å². The summed E-state index contributed by atoms with van der Waals surface area (Å²) in [4.78, 5) is 12.0. The molecule has 0 saturated heterocycles. The fraction of sp³-hybridized carbons (Fsp3) is 0.278. The van der Waals surface area contributed by atoms with Crippen LogP contribution in [0.2, 0.25) is 0 Å². The van der Waals surface area contributed by atoms with Crippen LogP contribution in [-0.4, -0.2) is 5.91 Å². The zero-order valence-electron chi connectivity index (χ0n) is 13.3. The van der Waals surface area contributed by atoms with Gasteiger partial charge in [0.25, 0.3) is 0 Å². The number of alkyl halides is 3. The number of benzene rings is 1. The normalized spacial score (nSPS) is 13.4. The second kappa shape index (κ2) is 7.38. The maximum atomic E-state index is 12.9. The Morgan fingerprint density at radius 2 is 1.96 bits per heavy atom. The first-order chi connectivity index (χ1) is 11.3. The van der Waals surface area contributed by atoms with E-state index < -0.39 is 23.7 Å². The Labute approximate surface area is 138 Å². The summed E-state index contributed by atoms with van der Waals surface area (Å²) < 4.78 is 43.7. The fourth-order valence-electron chi connectivity index (χ4n) is 2.29. The van der Waals surface area contributed by atoms with E-state index in [9.17, 15) is 18.0 Å². The van der Waals surface area contributed by atoms with Gasteiger partial charge < -0.3 is 9.73 Å². The van der Waals surface area contributed by atoms with Crippen molar-refractivity contribution in [3.05, 3.63) is 65.6 Å². The highest BCUT2D eigenvalue weighted by Gasteiger charge is 2.31. The molecule has 0 saturated carbocycles. The van der Waals surface area contributed by atoms with Gasteiger partial charge in [-0.2, -0.15) is 13.2 Å². The molecule has 1 heterocycles. The summed E-state index contributed by atoms with van der Waals surface area (Å²) in [6, 6.07) is 7.87. The second-order valence-corrected chi connectivity index (χ2v) is 5.70. The first-order valence-electron chi connectivity index (χ1n) is 7.46. The van der Waals surface area contributed by atoms with Crippen LogP contribution < -0.4 is 5.32 Å². The molecule has 1 unspecified atom stereocenters. The van der Waals surface area contributed by atoms with Gasteiger partial charge in [-0.25, -0.2) is 0 Å². The molecule has 24 heavy (non-hydrogen) atoms. The van der Waals surface area contributed by atoms with Gasteiger partial charge in [-0.3, -0.25) is 4.79 Å². The fourth-order valence-corrected chi connectivity index (χ4v) is 2.29. The Morgan fingerprint density at radius 1 is 1.21 bits per heavy atom. The highest BCUT2D eigenvalue weighted by Crippen LogP contribution is 2.32. The lowest BCUT2D eigenvalue weighted by atomic mass is 9.94. The van der Waals surface area contributed by atoms with Crippen molar-refractivity contribution in [2.24, 2.45) is 5.92 Å². The van der Waals surface area contributed by atoms with Gasteiger partial charge in [-0.15, -0.1) is 0 Å². The summed E-state index contributed by atoms with van der Waals surface area (Å²) in [6.07, 6.45) is -0.140. The molecule has 128 valence electrons. The third kappa shape index (κ3) is 4.75. The van der Waals surface area contributed by atoms with Crippen LogP contribution in [0.1, 0.15) is 36.8 Å². The third-order valence-electron chi connectivity index (χ3n) is 3.48. The predicted molar refractivity (Wildman–Crippen MR) is 84.9 cm³/mol. The van der Waals surface area contributed by atoms with Crippen LogP contribution in [0.5, 0.6) is 0 Å². The van der Waals surface area contributed by atoms with Crippen molar-refractivity contribution in [3.63, 3.8) is 0 Å². The largest absolute Gasteiger partial charge is 0.465 e. The van der Waals surface area contributed by atoms with E-state index in [1.165, 1.54) is 24.5 Å². The maximum Gasteiger partial charge on any atom is 0.416 e. The molecular formula is C18H18F3NO2. The number of amides is 1. The Hall–Kier alpha value is -2.50. The van der Waals surface area contributed by atoms with Gasteiger partial charge >= 0.3 is 6.18 Å². The van der Waals surface area contributed by atoms with Crippen molar-refractivity contribution in [2.75, 3.05) is 0 Å². The second-order valence-electron chi connectivity index (χ2n) is 5.70. The third-order valence-corrected chi connectivity index (χ3v) is 3.48. The molecule has 0 radical (unpaired) electrons. The molecule has 0 aliphatic heterocycles. The van der Waals surface area contributed by atoms with Gasteiger partial charge in [0, 0.05) is 6.08 Å². The molecule has 3 nitrogen and oxygen atoms in total. The first kappa shape index (κ1) is 17.8. The minimum Gasteiger partial charge on any atom is -0.465 e. The molecule has 0 aliphatic carbocycles. The maximum absolute atomic E-state index is 12.9. The van der Waals surface area contributed by atoms with E-state index in [1.54, 1.807) is 18.2 Å². The average molecular weight is 337 g/mol. The zero-order valence-corrected chi connectivity index (χ0v) is 13.3. The van der Waals surface area contributed by atoms with E-state index in [1.807, 2.05) is 13.8 Å². The first-order valence-corrected chi connectivity index (χ1v) is 7.46. The van der Waals surface area contributed by atoms with Crippen molar-refractivity contribution in [3.8, 4) is 0 Å². The molecule has 1 aromatic heterocycles. The topological polar surface area (TPSA) is 42.2 Å². The lowest BCUT2D eigenvalue weighted by molar-refractivity contribution is -0.137. The smallest absolute Gasteiger partial charge is 0.416 e. The lowest BCUT2D eigenvalue weighted by Crippen LogP contribution is -2.30. The Balaban J connectivity index is 2.16. The SMILES string of the molecule is CC(C)C(NC(=O)C=Cc1ccco1)c1cccc(C(F)(F)F)c1. The van der Waals surface area contributed by atoms with Gasteiger partial charge in [0.05, 0.1) is 17.9 Å². The molecule has 1 aromatic carbocycles. The van der Waals surface area contributed by atoms with E-state index in [-0.39, 0.29) is 5.92 Å². The lowest BCUT2D eigenvalue weighted by Gasteiger charge is -2.23. The Bertz CT molecular complexity index is 703. The zero-order chi connectivity index (χ0) is 17.7. The summed E-state index contributed by atoms with van der Waals surface area (Å²) in [7, 11) is 0. The average Bonchev–Trinajstić information content (AvgIpc) is 3.03. The molecule has 1 N–H and O–H groups in total. The molecular weight excluding hydrogens is 319 g/mol. The number of carbonyl (C=O) groups is 1. The number of rotatable bonds is 5. The molecule has 2 rings (SSSR count). The molecule has 1 atom stereocenters. The van der Waals surface area contributed by atoms with E-state index in [2.05, 4.69) is 5.32 Å². The Morgan fingerprint density at radius 3 is 2.54 bits per heavy atom. The van der Waals surface area contributed by atoms with Gasteiger partial charge in [-0.05, 0) is 41.8 Å². The number of hydrogen-bond donors (Lipinski definition) is 1. The van der Waals surface area contributed by atoms with Crippen molar-refractivity contribution in [1.82, 2.24) is 5.32 Å². The van der Waals surface area contributed by atoms with E-state index in [0.717, 1.165) is 12.1 Å². The predicted octanol–water partition coefficient (Wildman–Crippen LogP) is 4.83. The molecule has 0 bridgehead atoms. The summed E-state index contributed by atoms with van der Waals surface area (Å²) >= 11 is 0. The summed E-state index contributed by atoms with van der Waals surface area (Å²) in [5.41, 5.74) is -0.314. The number of halogens is 3. The minimum atomic E-state index is -4.42. The number of nitrogens with one attached hydrogen (secondary N) is 1. The van der Waals surface area contributed by atoms with E-state index >= 15 is 0 Å². The van der Waals surface area contributed by atoms with Gasteiger partial charge in [0.15, 0.2) is 0 Å². The highest BCUT2D eigenvalue weighted by atomic mass is 19.4. The Kier molecular flexibility index (Phi) is 5.49. The summed E-state index contributed by atoms with van der Waals surface area (Å²) in [6.45, 7) is 3.67. The van der Waals surface area contributed by atoms with Gasteiger partial charge in [0.1, 0.15) is 5.76 Å². The van der Waals surface area contributed by atoms with Crippen molar-refractivity contribution >= 4 is 12.0 Å². The molecule has 1 amide bonds. The molecule has 6 heteroatoms. The standard InChI is InChI=1S/C18H18F3NO2/c1-12(2)17(13-5-3-6-14(11-13)18(19,20)21)22-16(23)9-8-15-7-4-10-24-15/h3-12,17H,1-2H3,(H,22,23). The van der Waals surface area contributed by atoms with Crippen LogP contribution in [0.4, 0.5) is 13.2 Å². The molecule has 0 spiro atoms. The van der Waals surface area contributed by atoms with Crippen LogP contribution >= 0.6 is 0 Å². The number of hydrogen-bond acceptors (Lipinski definition) is 2.